The maximum Gasteiger partial charge on any atom is 0.255 e. The van der Waals surface area contributed by atoms with Gasteiger partial charge >= 0.3 is 0 Å². The van der Waals surface area contributed by atoms with Crippen molar-refractivity contribution in [3.8, 4) is 0 Å². The van der Waals surface area contributed by atoms with Crippen molar-refractivity contribution in [2.45, 2.75) is 65.0 Å². The Kier molecular flexibility index (Phi) is 7.04. The number of nitrogens with zero attached hydrogens (tertiary/aromatic N) is 2. The van der Waals surface area contributed by atoms with Crippen LogP contribution in [0.5, 0.6) is 0 Å². The van der Waals surface area contributed by atoms with E-state index < -0.39 is 0 Å². The number of aryl methyl sites for hydroxylation is 1. The molecular weight excluding hydrogens is 338 g/mol. The largest absolute Gasteiger partial charge is 0.378 e. The highest BCUT2D eigenvalue weighted by molar-refractivity contribution is 5.96. The molecule has 1 aromatic carbocycles. The number of ether oxygens (including phenoxy) is 1. The van der Waals surface area contributed by atoms with Crippen LogP contribution in [0.3, 0.4) is 0 Å². The average molecular weight is 370 g/mol. The SMILES string of the molecule is Cc1nn(Cc2ccccc2)c(C)c1C(=O)NCCCOC1CCCCC1. The molecule has 0 aliphatic heterocycles. The van der Waals surface area contributed by atoms with Crippen molar-refractivity contribution >= 4 is 5.91 Å². The molecule has 1 heterocycles. The van der Waals surface area contributed by atoms with Crippen LogP contribution >= 0.6 is 0 Å². The zero-order chi connectivity index (χ0) is 19.1. The van der Waals surface area contributed by atoms with Gasteiger partial charge in [-0.05, 0) is 38.7 Å². The zero-order valence-electron chi connectivity index (χ0n) is 16.5. The van der Waals surface area contributed by atoms with Crippen LogP contribution < -0.4 is 5.32 Å². The van der Waals surface area contributed by atoms with Gasteiger partial charge in [0.05, 0.1) is 23.9 Å². The quantitative estimate of drug-likeness (QED) is 0.715. The lowest BCUT2D eigenvalue weighted by Crippen LogP contribution is -2.27. The Morgan fingerprint density at radius 2 is 1.93 bits per heavy atom. The van der Waals surface area contributed by atoms with Crippen LogP contribution in [0, 0.1) is 13.8 Å². The van der Waals surface area contributed by atoms with E-state index >= 15 is 0 Å². The highest BCUT2D eigenvalue weighted by Crippen LogP contribution is 2.20. The van der Waals surface area contributed by atoms with Gasteiger partial charge < -0.3 is 10.1 Å². The number of carbonyl (C=O) groups excluding carboxylic acids is 1. The van der Waals surface area contributed by atoms with Gasteiger partial charge in [0.25, 0.3) is 5.91 Å². The summed E-state index contributed by atoms with van der Waals surface area (Å²) < 4.78 is 7.83. The minimum absolute atomic E-state index is 0.0398. The van der Waals surface area contributed by atoms with Gasteiger partial charge in [-0.2, -0.15) is 5.10 Å². The van der Waals surface area contributed by atoms with Gasteiger partial charge in [0.15, 0.2) is 0 Å². The topological polar surface area (TPSA) is 56.2 Å². The molecule has 1 N–H and O–H groups in total. The van der Waals surface area contributed by atoms with Crippen molar-refractivity contribution in [2.24, 2.45) is 0 Å². The molecule has 1 aliphatic carbocycles. The molecule has 0 radical (unpaired) electrons. The van der Waals surface area contributed by atoms with Gasteiger partial charge in [-0.25, -0.2) is 0 Å². The van der Waals surface area contributed by atoms with Crippen LogP contribution in [0.1, 0.15) is 65.8 Å². The second-order valence-corrected chi connectivity index (χ2v) is 7.43. The fourth-order valence-corrected chi connectivity index (χ4v) is 3.78. The Labute approximate surface area is 162 Å². The van der Waals surface area contributed by atoms with E-state index in [4.69, 9.17) is 4.74 Å². The van der Waals surface area contributed by atoms with Crippen molar-refractivity contribution in [2.75, 3.05) is 13.2 Å². The lowest BCUT2D eigenvalue weighted by atomic mass is 9.98. The Balaban J connectivity index is 1.47. The minimum atomic E-state index is -0.0398. The molecule has 27 heavy (non-hydrogen) atoms. The average Bonchev–Trinajstić information content (AvgIpc) is 2.96. The first kappa shape index (κ1) is 19.6. The van der Waals surface area contributed by atoms with Gasteiger partial charge in [-0.3, -0.25) is 9.48 Å². The number of rotatable bonds is 8. The second-order valence-electron chi connectivity index (χ2n) is 7.43. The molecule has 146 valence electrons. The number of nitrogens with one attached hydrogen (secondary N) is 1. The monoisotopic (exact) mass is 369 g/mol. The molecule has 0 bridgehead atoms. The van der Waals surface area contributed by atoms with Gasteiger partial charge in [-0.1, -0.05) is 49.6 Å². The number of amides is 1. The molecule has 1 aliphatic rings. The first-order valence-corrected chi connectivity index (χ1v) is 10.1. The van der Waals surface area contributed by atoms with Gasteiger partial charge in [0.1, 0.15) is 0 Å². The van der Waals surface area contributed by atoms with E-state index in [1.165, 1.54) is 37.7 Å². The maximum atomic E-state index is 12.6. The fraction of sp³-hybridized carbons (Fsp3) is 0.545. The Morgan fingerprint density at radius 3 is 2.67 bits per heavy atom. The van der Waals surface area contributed by atoms with Crippen LogP contribution in [0.2, 0.25) is 0 Å². The fourth-order valence-electron chi connectivity index (χ4n) is 3.78. The highest BCUT2D eigenvalue weighted by Gasteiger charge is 2.18. The number of carbonyl (C=O) groups is 1. The first-order valence-electron chi connectivity index (χ1n) is 10.1. The number of aromatic nitrogens is 2. The summed E-state index contributed by atoms with van der Waals surface area (Å²) in [7, 11) is 0. The maximum absolute atomic E-state index is 12.6. The summed E-state index contributed by atoms with van der Waals surface area (Å²) in [5.74, 6) is -0.0398. The second kappa shape index (κ2) is 9.70. The lowest BCUT2D eigenvalue weighted by molar-refractivity contribution is 0.0273. The molecule has 1 fully saturated rings. The number of benzene rings is 1. The Hall–Kier alpha value is -2.14. The van der Waals surface area contributed by atoms with E-state index in [2.05, 4.69) is 22.5 Å². The summed E-state index contributed by atoms with van der Waals surface area (Å²) >= 11 is 0. The van der Waals surface area contributed by atoms with Gasteiger partial charge in [0, 0.05) is 18.8 Å². The van der Waals surface area contributed by atoms with E-state index in [9.17, 15) is 4.79 Å². The normalized spacial score (nSPS) is 15.0. The van der Waals surface area contributed by atoms with E-state index in [0.717, 1.165) is 24.4 Å². The van der Waals surface area contributed by atoms with Crippen molar-refractivity contribution < 1.29 is 9.53 Å². The summed E-state index contributed by atoms with van der Waals surface area (Å²) in [6.45, 7) is 5.89. The summed E-state index contributed by atoms with van der Waals surface area (Å²) in [4.78, 5) is 12.6. The molecule has 1 aromatic heterocycles. The van der Waals surface area contributed by atoms with Crippen LogP contribution in [-0.2, 0) is 11.3 Å². The molecule has 1 saturated carbocycles. The van der Waals surface area contributed by atoms with Crippen LogP contribution in [0.15, 0.2) is 30.3 Å². The zero-order valence-corrected chi connectivity index (χ0v) is 16.5. The number of hydrogen-bond acceptors (Lipinski definition) is 3. The molecule has 0 saturated heterocycles. The molecule has 5 nitrogen and oxygen atoms in total. The molecule has 0 atom stereocenters. The summed E-state index contributed by atoms with van der Waals surface area (Å²) in [5, 5.41) is 7.59. The molecule has 0 spiro atoms. The Morgan fingerprint density at radius 1 is 1.19 bits per heavy atom. The molecule has 1 amide bonds. The molecule has 3 rings (SSSR count). The molecule has 2 aromatic rings. The smallest absolute Gasteiger partial charge is 0.255 e. The van der Waals surface area contributed by atoms with Crippen molar-refractivity contribution in [1.29, 1.82) is 0 Å². The predicted molar refractivity (Wildman–Crippen MR) is 107 cm³/mol. The minimum Gasteiger partial charge on any atom is -0.378 e. The van der Waals surface area contributed by atoms with Crippen LogP contribution in [0.4, 0.5) is 0 Å². The lowest BCUT2D eigenvalue weighted by Gasteiger charge is -2.21. The van der Waals surface area contributed by atoms with E-state index in [1.54, 1.807) is 0 Å². The molecule has 5 heteroatoms. The molecular formula is C22H31N3O2. The van der Waals surface area contributed by atoms with E-state index in [1.807, 2.05) is 36.7 Å². The number of hydrogen-bond donors (Lipinski definition) is 1. The molecule has 0 unspecified atom stereocenters. The standard InChI is InChI=1S/C22H31N3O2/c1-17-21(18(2)25(24-17)16-19-10-5-3-6-11-19)22(26)23-14-9-15-27-20-12-7-4-8-13-20/h3,5-6,10-11,20H,4,7-9,12-16H2,1-2H3,(H,23,26). The van der Waals surface area contributed by atoms with Gasteiger partial charge in [0.2, 0.25) is 0 Å². The van der Waals surface area contributed by atoms with Crippen LogP contribution in [-0.4, -0.2) is 34.9 Å². The summed E-state index contributed by atoms with van der Waals surface area (Å²) in [6, 6.07) is 10.2. The van der Waals surface area contributed by atoms with Crippen LogP contribution in [0.25, 0.3) is 0 Å². The summed E-state index contributed by atoms with van der Waals surface area (Å²) in [6.07, 6.45) is 7.55. The summed E-state index contributed by atoms with van der Waals surface area (Å²) in [5.41, 5.74) is 3.56. The third kappa shape index (κ3) is 5.42. The van der Waals surface area contributed by atoms with Crippen molar-refractivity contribution in [1.82, 2.24) is 15.1 Å². The van der Waals surface area contributed by atoms with Crippen molar-refractivity contribution in [3.63, 3.8) is 0 Å². The highest BCUT2D eigenvalue weighted by atomic mass is 16.5. The van der Waals surface area contributed by atoms with E-state index in [0.29, 0.717) is 24.8 Å². The third-order valence-electron chi connectivity index (χ3n) is 5.30. The van der Waals surface area contributed by atoms with Crippen molar-refractivity contribution in [3.05, 3.63) is 52.8 Å². The Bertz CT molecular complexity index is 734. The van der Waals surface area contributed by atoms with Gasteiger partial charge in [-0.15, -0.1) is 0 Å². The third-order valence-corrected chi connectivity index (χ3v) is 5.30. The predicted octanol–water partition coefficient (Wildman–Crippen LogP) is 4.02. The first-order chi connectivity index (χ1) is 13.1. The van der Waals surface area contributed by atoms with E-state index in [-0.39, 0.29) is 5.91 Å².